The molecule has 0 amide bonds. The number of nitrogens with zero attached hydrogens (tertiary/aromatic N) is 2. The quantitative estimate of drug-likeness (QED) is 0.821. The fourth-order valence-corrected chi connectivity index (χ4v) is 1.90. The molecule has 0 aromatic carbocycles. The van der Waals surface area contributed by atoms with Crippen molar-refractivity contribution in [1.82, 2.24) is 4.98 Å². The maximum atomic E-state index is 10.9. The molecule has 0 atom stereocenters. The summed E-state index contributed by atoms with van der Waals surface area (Å²) in [7, 11) is 0. The molecule has 1 aliphatic rings. The van der Waals surface area contributed by atoms with Gasteiger partial charge in [0.2, 0.25) is 0 Å². The van der Waals surface area contributed by atoms with Crippen LogP contribution in [0.2, 0.25) is 0 Å². The predicted octanol–water partition coefficient (Wildman–Crippen LogP) is 2.41. The Kier molecular flexibility index (Phi) is 3.61. The molecular weight excluding hydrogens is 216 g/mol. The number of aromatic nitrogens is 1. The minimum Gasteiger partial charge on any atom is -0.477 e. The number of carboxylic acids is 1. The lowest BCUT2D eigenvalue weighted by atomic mass is 10.3. The first-order valence-electron chi connectivity index (χ1n) is 6.16. The summed E-state index contributed by atoms with van der Waals surface area (Å²) in [6.45, 7) is 4.07. The van der Waals surface area contributed by atoms with E-state index in [9.17, 15) is 4.79 Å². The van der Waals surface area contributed by atoms with Gasteiger partial charge in [0.1, 0.15) is 5.82 Å². The Hall–Kier alpha value is -1.58. The van der Waals surface area contributed by atoms with Crippen LogP contribution in [0.3, 0.4) is 0 Å². The Morgan fingerprint density at radius 1 is 1.53 bits per heavy atom. The molecule has 1 fully saturated rings. The highest BCUT2D eigenvalue weighted by Crippen LogP contribution is 2.31. The number of hydrogen-bond donors (Lipinski definition) is 1. The van der Waals surface area contributed by atoms with E-state index in [-0.39, 0.29) is 5.69 Å². The number of rotatable bonds is 6. The van der Waals surface area contributed by atoms with Crippen molar-refractivity contribution in [3.05, 3.63) is 23.9 Å². The van der Waals surface area contributed by atoms with Crippen molar-refractivity contribution in [3.8, 4) is 0 Å². The summed E-state index contributed by atoms with van der Waals surface area (Å²) in [5, 5.41) is 8.93. The highest BCUT2D eigenvalue weighted by Gasteiger charge is 2.24. The van der Waals surface area contributed by atoms with Crippen LogP contribution in [0.5, 0.6) is 0 Å². The summed E-state index contributed by atoms with van der Waals surface area (Å²) in [5.74, 6) is 0.602. The Morgan fingerprint density at radius 3 is 2.88 bits per heavy atom. The number of anilines is 1. The smallest absolute Gasteiger partial charge is 0.354 e. The summed E-state index contributed by atoms with van der Waals surface area (Å²) < 4.78 is 0. The summed E-state index contributed by atoms with van der Waals surface area (Å²) in [5.41, 5.74) is 0.124. The third kappa shape index (κ3) is 3.19. The number of aromatic carboxylic acids is 1. The second kappa shape index (κ2) is 5.17. The van der Waals surface area contributed by atoms with Crippen LogP contribution in [-0.4, -0.2) is 29.1 Å². The van der Waals surface area contributed by atoms with Crippen molar-refractivity contribution in [2.45, 2.75) is 26.2 Å². The van der Waals surface area contributed by atoms with E-state index in [1.54, 1.807) is 6.07 Å². The lowest BCUT2D eigenvalue weighted by Crippen LogP contribution is -2.27. The number of hydrogen-bond acceptors (Lipinski definition) is 3. The first-order valence-corrected chi connectivity index (χ1v) is 6.16. The van der Waals surface area contributed by atoms with Gasteiger partial charge in [-0.2, -0.15) is 0 Å². The molecule has 4 nitrogen and oxygen atoms in total. The molecule has 2 rings (SSSR count). The molecule has 1 saturated carbocycles. The average Bonchev–Trinajstić information content (AvgIpc) is 3.12. The van der Waals surface area contributed by atoms with Gasteiger partial charge in [-0.1, -0.05) is 13.0 Å². The topological polar surface area (TPSA) is 53.4 Å². The van der Waals surface area contributed by atoms with Crippen molar-refractivity contribution in [3.63, 3.8) is 0 Å². The van der Waals surface area contributed by atoms with Crippen LogP contribution in [0.1, 0.15) is 36.7 Å². The first kappa shape index (κ1) is 11.9. The second-order valence-electron chi connectivity index (χ2n) is 4.58. The van der Waals surface area contributed by atoms with E-state index in [4.69, 9.17) is 5.11 Å². The van der Waals surface area contributed by atoms with E-state index in [0.717, 1.165) is 31.2 Å². The van der Waals surface area contributed by atoms with Gasteiger partial charge in [-0.25, -0.2) is 9.78 Å². The molecule has 1 aromatic rings. The largest absolute Gasteiger partial charge is 0.477 e. The van der Waals surface area contributed by atoms with Crippen LogP contribution < -0.4 is 4.90 Å². The standard InChI is InChI=1S/C13H18N2O2/c1-2-8-15(9-10-6-7-10)12-5-3-4-11(14-12)13(16)17/h3-5,10H,2,6-9H2,1H3,(H,16,17). The monoisotopic (exact) mass is 234 g/mol. The van der Waals surface area contributed by atoms with Crippen molar-refractivity contribution in [1.29, 1.82) is 0 Å². The van der Waals surface area contributed by atoms with Gasteiger partial charge in [-0.05, 0) is 37.3 Å². The molecule has 0 saturated heterocycles. The van der Waals surface area contributed by atoms with Gasteiger partial charge in [0.15, 0.2) is 5.69 Å². The van der Waals surface area contributed by atoms with E-state index in [1.165, 1.54) is 18.9 Å². The zero-order valence-electron chi connectivity index (χ0n) is 10.1. The Labute approximate surface area is 101 Å². The third-order valence-electron chi connectivity index (χ3n) is 2.95. The summed E-state index contributed by atoms with van der Waals surface area (Å²) in [6.07, 6.45) is 3.63. The number of pyridine rings is 1. The third-order valence-corrected chi connectivity index (χ3v) is 2.95. The zero-order valence-corrected chi connectivity index (χ0v) is 10.1. The molecule has 1 aliphatic carbocycles. The van der Waals surface area contributed by atoms with Crippen molar-refractivity contribution in [2.75, 3.05) is 18.0 Å². The number of carbonyl (C=O) groups is 1. The van der Waals surface area contributed by atoms with E-state index in [1.807, 2.05) is 6.07 Å². The minimum atomic E-state index is -0.963. The Morgan fingerprint density at radius 2 is 2.29 bits per heavy atom. The van der Waals surface area contributed by atoms with Crippen LogP contribution in [0.4, 0.5) is 5.82 Å². The van der Waals surface area contributed by atoms with Gasteiger partial charge in [-0.3, -0.25) is 0 Å². The van der Waals surface area contributed by atoms with Crippen LogP contribution >= 0.6 is 0 Å². The van der Waals surface area contributed by atoms with Crippen molar-refractivity contribution < 1.29 is 9.90 Å². The molecule has 0 unspecified atom stereocenters. The summed E-state index contributed by atoms with van der Waals surface area (Å²) in [6, 6.07) is 5.19. The minimum absolute atomic E-state index is 0.124. The zero-order chi connectivity index (χ0) is 12.3. The molecule has 0 aliphatic heterocycles. The van der Waals surface area contributed by atoms with Gasteiger partial charge < -0.3 is 10.0 Å². The maximum Gasteiger partial charge on any atom is 0.354 e. The molecule has 4 heteroatoms. The van der Waals surface area contributed by atoms with Gasteiger partial charge in [0.25, 0.3) is 0 Å². The Balaban J connectivity index is 2.15. The lowest BCUT2D eigenvalue weighted by Gasteiger charge is -2.23. The highest BCUT2D eigenvalue weighted by atomic mass is 16.4. The van der Waals surface area contributed by atoms with E-state index in [2.05, 4.69) is 16.8 Å². The lowest BCUT2D eigenvalue weighted by molar-refractivity contribution is 0.0690. The second-order valence-corrected chi connectivity index (χ2v) is 4.58. The molecule has 1 N–H and O–H groups in total. The number of carboxylic acid groups (broad SMARTS) is 1. The van der Waals surface area contributed by atoms with Gasteiger partial charge in [0.05, 0.1) is 0 Å². The molecule has 0 spiro atoms. The molecule has 1 aromatic heterocycles. The van der Waals surface area contributed by atoms with Gasteiger partial charge >= 0.3 is 5.97 Å². The fourth-order valence-electron chi connectivity index (χ4n) is 1.90. The average molecular weight is 234 g/mol. The maximum absolute atomic E-state index is 10.9. The molecular formula is C13H18N2O2. The first-order chi connectivity index (χ1) is 8.20. The molecule has 0 bridgehead atoms. The highest BCUT2D eigenvalue weighted by molar-refractivity contribution is 5.85. The molecule has 17 heavy (non-hydrogen) atoms. The van der Waals surface area contributed by atoms with Crippen LogP contribution in [0, 0.1) is 5.92 Å². The van der Waals surface area contributed by atoms with E-state index < -0.39 is 5.97 Å². The molecule has 92 valence electrons. The normalized spacial score (nSPS) is 14.6. The van der Waals surface area contributed by atoms with E-state index in [0.29, 0.717) is 0 Å². The molecule has 1 heterocycles. The molecule has 0 radical (unpaired) electrons. The van der Waals surface area contributed by atoms with Crippen molar-refractivity contribution >= 4 is 11.8 Å². The van der Waals surface area contributed by atoms with Gasteiger partial charge in [-0.15, -0.1) is 0 Å². The Bertz CT molecular complexity index is 402. The summed E-state index contributed by atoms with van der Waals surface area (Å²) in [4.78, 5) is 17.3. The predicted molar refractivity (Wildman–Crippen MR) is 66.4 cm³/mol. The van der Waals surface area contributed by atoms with Crippen LogP contribution in [-0.2, 0) is 0 Å². The SMILES string of the molecule is CCCN(CC1CC1)c1cccc(C(=O)O)n1. The summed E-state index contributed by atoms with van der Waals surface area (Å²) >= 11 is 0. The van der Waals surface area contributed by atoms with Crippen LogP contribution in [0.15, 0.2) is 18.2 Å². The van der Waals surface area contributed by atoms with Crippen molar-refractivity contribution in [2.24, 2.45) is 5.92 Å². The van der Waals surface area contributed by atoms with Crippen LogP contribution in [0.25, 0.3) is 0 Å². The fraction of sp³-hybridized carbons (Fsp3) is 0.538. The van der Waals surface area contributed by atoms with Gasteiger partial charge in [0, 0.05) is 13.1 Å². The van der Waals surface area contributed by atoms with E-state index >= 15 is 0 Å².